The molecule has 112 valence electrons. The van der Waals surface area contributed by atoms with Crippen LogP contribution >= 0.6 is 0 Å². The summed E-state index contributed by atoms with van der Waals surface area (Å²) < 4.78 is 5.86. The van der Waals surface area contributed by atoms with Crippen LogP contribution in [0.15, 0.2) is 34.7 Å². The van der Waals surface area contributed by atoms with Crippen LogP contribution in [-0.4, -0.2) is 5.11 Å². The molecule has 0 spiro atoms. The molecule has 0 radical (unpaired) electrons. The molecule has 2 N–H and O–H groups in total. The summed E-state index contributed by atoms with van der Waals surface area (Å²) in [5, 5.41) is 13.2. The van der Waals surface area contributed by atoms with Crippen LogP contribution in [0.5, 0.6) is 5.75 Å². The third-order valence-corrected chi connectivity index (χ3v) is 4.20. The fourth-order valence-corrected chi connectivity index (χ4v) is 3.27. The van der Waals surface area contributed by atoms with Crippen LogP contribution in [0.2, 0.25) is 0 Å². The Morgan fingerprint density at radius 2 is 2.14 bits per heavy atom. The smallest absolute Gasteiger partial charge is 0.115 e. The van der Waals surface area contributed by atoms with Crippen LogP contribution < -0.4 is 5.32 Å². The maximum atomic E-state index is 9.55. The number of nitrogens with one attached hydrogen (secondary N) is 1. The molecule has 1 heterocycles. The Bertz CT molecular complexity index is 642. The number of furan rings is 1. The molecule has 1 aromatic heterocycles. The van der Waals surface area contributed by atoms with E-state index in [4.69, 9.17) is 4.42 Å². The number of rotatable bonds is 3. The third kappa shape index (κ3) is 3.13. The Balaban J connectivity index is 1.78. The third-order valence-electron chi connectivity index (χ3n) is 4.20. The summed E-state index contributed by atoms with van der Waals surface area (Å²) >= 11 is 0. The van der Waals surface area contributed by atoms with Crippen LogP contribution in [-0.2, 0) is 13.0 Å². The Morgan fingerprint density at radius 3 is 2.90 bits per heavy atom. The molecule has 0 bridgehead atoms. The lowest BCUT2D eigenvalue weighted by atomic mass is 9.74. The van der Waals surface area contributed by atoms with Gasteiger partial charge in [-0.2, -0.15) is 0 Å². The average molecular weight is 285 g/mol. The molecule has 1 aliphatic rings. The molecule has 2 aromatic rings. The predicted octanol–water partition coefficient (Wildman–Crippen LogP) is 4.10. The normalized spacial score (nSPS) is 20.2. The molecule has 0 saturated carbocycles. The quantitative estimate of drug-likeness (QED) is 0.892. The standard InChI is InChI=1S/C18H23NO2/c1-12-7-15-16(9-18(2,3)10-17(15)21-12)19-11-13-5-4-6-14(20)8-13/h4-8,16,19-20H,9-11H2,1-3H3. The lowest BCUT2D eigenvalue weighted by Gasteiger charge is -2.35. The fourth-order valence-electron chi connectivity index (χ4n) is 3.27. The van der Waals surface area contributed by atoms with Gasteiger partial charge >= 0.3 is 0 Å². The second kappa shape index (κ2) is 5.23. The first-order valence-electron chi connectivity index (χ1n) is 7.53. The zero-order valence-corrected chi connectivity index (χ0v) is 12.9. The Labute approximate surface area is 126 Å². The number of hydrogen-bond acceptors (Lipinski definition) is 3. The SMILES string of the molecule is Cc1cc2c(o1)CC(C)(C)CC2NCc1cccc(O)c1. The number of phenols is 1. The summed E-state index contributed by atoms with van der Waals surface area (Å²) in [6, 6.07) is 9.88. The van der Waals surface area contributed by atoms with Crippen LogP contribution in [0, 0.1) is 12.3 Å². The van der Waals surface area contributed by atoms with Gasteiger partial charge in [0.25, 0.3) is 0 Å². The number of aryl methyl sites for hydroxylation is 1. The summed E-state index contributed by atoms with van der Waals surface area (Å²) in [5.74, 6) is 2.43. The monoisotopic (exact) mass is 285 g/mol. The molecule has 3 heteroatoms. The van der Waals surface area contributed by atoms with E-state index < -0.39 is 0 Å². The minimum Gasteiger partial charge on any atom is -0.508 e. The van der Waals surface area contributed by atoms with Crippen molar-refractivity contribution >= 4 is 0 Å². The highest BCUT2D eigenvalue weighted by molar-refractivity contribution is 5.30. The molecule has 3 rings (SSSR count). The van der Waals surface area contributed by atoms with Gasteiger partial charge in [-0.3, -0.25) is 0 Å². The summed E-state index contributed by atoms with van der Waals surface area (Å²) in [6.45, 7) is 7.34. The van der Waals surface area contributed by atoms with Crippen molar-refractivity contribution in [3.05, 3.63) is 53.0 Å². The molecule has 0 amide bonds. The summed E-state index contributed by atoms with van der Waals surface area (Å²) in [7, 11) is 0. The van der Waals surface area contributed by atoms with Gasteiger partial charge in [-0.1, -0.05) is 26.0 Å². The van der Waals surface area contributed by atoms with Gasteiger partial charge in [-0.15, -0.1) is 0 Å². The number of hydrogen-bond donors (Lipinski definition) is 2. The number of benzene rings is 1. The number of phenolic OH excluding ortho intramolecular Hbond substituents is 1. The molecule has 1 aliphatic carbocycles. The Hall–Kier alpha value is -1.74. The van der Waals surface area contributed by atoms with Gasteiger partial charge in [0, 0.05) is 24.6 Å². The van der Waals surface area contributed by atoms with Crippen molar-refractivity contribution in [2.24, 2.45) is 5.41 Å². The fraction of sp³-hybridized carbons (Fsp3) is 0.444. The molecule has 21 heavy (non-hydrogen) atoms. The molecule has 0 aliphatic heterocycles. The molecule has 3 nitrogen and oxygen atoms in total. The van der Waals surface area contributed by atoms with E-state index in [9.17, 15) is 5.11 Å². The van der Waals surface area contributed by atoms with E-state index in [0.717, 1.165) is 36.5 Å². The van der Waals surface area contributed by atoms with Gasteiger partial charge in [-0.05, 0) is 42.5 Å². The average Bonchev–Trinajstić information content (AvgIpc) is 2.75. The van der Waals surface area contributed by atoms with E-state index in [-0.39, 0.29) is 5.41 Å². The zero-order valence-electron chi connectivity index (χ0n) is 12.9. The van der Waals surface area contributed by atoms with Gasteiger partial charge in [0.15, 0.2) is 0 Å². The topological polar surface area (TPSA) is 45.4 Å². The predicted molar refractivity (Wildman–Crippen MR) is 83.2 cm³/mol. The van der Waals surface area contributed by atoms with Crippen molar-refractivity contribution in [2.45, 2.75) is 46.2 Å². The highest BCUT2D eigenvalue weighted by Crippen LogP contribution is 2.42. The lowest BCUT2D eigenvalue weighted by Crippen LogP contribution is -2.32. The molecule has 1 atom stereocenters. The van der Waals surface area contributed by atoms with Crippen molar-refractivity contribution in [3.8, 4) is 5.75 Å². The lowest BCUT2D eigenvalue weighted by molar-refractivity contribution is 0.233. The number of fused-ring (bicyclic) bond motifs is 1. The van der Waals surface area contributed by atoms with Crippen molar-refractivity contribution in [1.82, 2.24) is 5.32 Å². The van der Waals surface area contributed by atoms with Crippen LogP contribution in [0.3, 0.4) is 0 Å². The van der Waals surface area contributed by atoms with Gasteiger partial charge in [0.05, 0.1) is 0 Å². The van der Waals surface area contributed by atoms with Gasteiger partial charge in [0.1, 0.15) is 17.3 Å². The highest BCUT2D eigenvalue weighted by atomic mass is 16.3. The molecule has 0 saturated heterocycles. The van der Waals surface area contributed by atoms with E-state index >= 15 is 0 Å². The van der Waals surface area contributed by atoms with Crippen molar-refractivity contribution in [2.75, 3.05) is 0 Å². The minimum atomic E-state index is 0.244. The first kappa shape index (κ1) is 14.2. The summed E-state index contributed by atoms with van der Waals surface area (Å²) in [4.78, 5) is 0. The zero-order chi connectivity index (χ0) is 15.0. The summed E-state index contributed by atoms with van der Waals surface area (Å²) in [6.07, 6.45) is 2.10. The van der Waals surface area contributed by atoms with E-state index in [0.29, 0.717) is 11.8 Å². The molecule has 1 unspecified atom stereocenters. The van der Waals surface area contributed by atoms with E-state index in [1.807, 2.05) is 25.1 Å². The van der Waals surface area contributed by atoms with E-state index in [1.165, 1.54) is 5.56 Å². The summed E-state index contributed by atoms with van der Waals surface area (Å²) in [5.41, 5.74) is 2.64. The minimum absolute atomic E-state index is 0.244. The maximum Gasteiger partial charge on any atom is 0.115 e. The molecular weight excluding hydrogens is 262 g/mol. The van der Waals surface area contributed by atoms with Crippen molar-refractivity contribution in [1.29, 1.82) is 0 Å². The highest BCUT2D eigenvalue weighted by Gasteiger charge is 2.34. The van der Waals surface area contributed by atoms with Crippen LogP contribution in [0.25, 0.3) is 0 Å². The van der Waals surface area contributed by atoms with E-state index in [1.54, 1.807) is 6.07 Å². The molecule has 1 aromatic carbocycles. The Morgan fingerprint density at radius 1 is 1.33 bits per heavy atom. The largest absolute Gasteiger partial charge is 0.508 e. The van der Waals surface area contributed by atoms with Crippen molar-refractivity contribution < 1.29 is 9.52 Å². The van der Waals surface area contributed by atoms with E-state index in [2.05, 4.69) is 25.2 Å². The maximum absolute atomic E-state index is 9.55. The van der Waals surface area contributed by atoms with Crippen molar-refractivity contribution in [3.63, 3.8) is 0 Å². The van der Waals surface area contributed by atoms with Gasteiger partial charge in [0.2, 0.25) is 0 Å². The number of aromatic hydroxyl groups is 1. The first-order valence-corrected chi connectivity index (χ1v) is 7.53. The first-order chi connectivity index (χ1) is 9.93. The van der Waals surface area contributed by atoms with Gasteiger partial charge < -0.3 is 14.8 Å². The Kier molecular flexibility index (Phi) is 3.54. The molecular formula is C18H23NO2. The second-order valence-corrected chi connectivity index (χ2v) is 6.88. The van der Waals surface area contributed by atoms with Gasteiger partial charge in [-0.25, -0.2) is 0 Å². The van der Waals surface area contributed by atoms with Crippen LogP contribution in [0.4, 0.5) is 0 Å². The van der Waals surface area contributed by atoms with Crippen LogP contribution in [0.1, 0.15) is 49.0 Å². The second-order valence-electron chi connectivity index (χ2n) is 6.88. The molecule has 0 fully saturated rings.